The molecule has 0 saturated carbocycles. The monoisotopic (exact) mass is 343 g/mol. The summed E-state index contributed by atoms with van der Waals surface area (Å²) in [5, 5.41) is 0. The molecule has 1 heterocycles. The maximum absolute atomic E-state index is 12.9. The summed E-state index contributed by atoms with van der Waals surface area (Å²) < 4.78 is 5.10. The van der Waals surface area contributed by atoms with Crippen LogP contribution in [0.5, 0.6) is 5.75 Å². The molecule has 1 aliphatic rings. The molecule has 5 heteroatoms. The highest BCUT2D eigenvalue weighted by Gasteiger charge is 2.49. The second-order valence-electron chi connectivity index (χ2n) is 6.97. The van der Waals surface area contributed by atoms with Crippen LogP contribution in [0.1, 0.15) is 40.0 Å². The van der Waals surface area contributed by atoms with E-state index in [4.69, 9.17) is 4.74 Å². The number of anilines is 1. The van der Waals surface area contributed by atoms with Crippen molar-refractivity contribution in [1.29, 1.82) is 0 Å². The number of allylic oxidation sites excluding steroid dienone is 2. The minimum absolute atomic E-state index is 0.0644. The highest BCUT2D eigenvalue weighted by molar-refractivity contribution is 6.21. The lowest BCUT2D eigenvalue weighted by Crippen LogP contribution is -2.37. The number of imide groups is 1. The molecule has 0 aromatic heterocycles. The Kier molecular flexibility index (Phi) is 5.77. The highest BCUT2D eigenvalue weighted by Crippen LogP contribution is 2.40. The fourth-order valence-corrected chi connectivity index (χ4v) is 3.14. The van der Waals surface area contributed by atoms with Crippen molar-refractivity contribution in [3.8, 4) is 5.75 Å². The van der Waals surface area contributed by atoms with E-state index in [0.717, 1.165) is 6.29 Å². The van der Waals surface area contributed by atoms with Crippen molar-refractivity contribution in [2.24, 2.45) is 11.3 Å². The summed E-state index contributed by atoms with van der Waals surface area (Å²) in [7, 11) is 1.55. The smallest absolute Gasteiger partial charge is 0.238 e. The molecule has 1 fully saturated rings. The van der Waals surface area contributed by atoms with Gasteiger partial charge in [-0.25, -0.2) is 0 Å². The van der Waals surface area contributed by atoms with Crippen LogP contribution in [-0.4, -0.2) is 25.2 Å². The average Bonchev–Trinajstić information content (AvgIpc) is 2.89. The molecule has 2 unspecified atom stereocenters. The number of aldehydes is 1. The topological polar surface area (TPSA) is 63.7 Å². The highest BCUT2D eigenvalue weighted by atomic mass is 16.5. The molecule has 0 N–H and O–H groups in total. The Morgan fingerprint density at radius 2 is 1.92 bits per heavy atom. The van der Waals surface area contributed by atoms with Crippen LogP contribution in [-0.2, 0) is 14.4 Å². The van der Waals surface area contributed by atoms with Crippen LogP contribution in [0.25, 0.3) is 0 Å². The van der Waals surface area contributed by atoms with Gasteiger partial charge in [-0.15, -0.1) is 0 Å². The molecule has 0 bridgehead atoms. The molecule has 1 aromatic carbocycles. The molecular formula is C20H25NO4. The molecular weight excluding hydrogens is 318 g/mol. The zero-order valence-electron chi connectivity index (χ0n) is 15.2. The first-order valence-corrected chi connectivity index (χ1v) is 8.43. The van der Waals surface area contributed by atoms with Gasteiger partial charge in [-0.1, -0.05) is 18.6 Å². The van der Waals surface area contributed by atoms with Gasteiger partial charge in [-0.05, 0) is 51.0 Å². The van der Waals surface area contributed by atoms with Crippen molar-refractivity contribution in [2.45, 2.75) is 40.0 Å². The predicted molar refractivity (Wildman–Crippen MR) is 96.4 cm³/mol. The number of amides is 2. The van der Waals surface area contributed by atoms with Gasteiger partial charge < -0.3 is 9.53 Å². The van der Waals surface area contributed by atoms with E-state index in [1.54, 1.807) is 38.3 Å². The number of hydrogen-bond donors (Lipinski definition) is 0. The maximum atomic E-state index is 12.9. The van der Waals surface area contributed by atoms with E-state index in [1.807, 2.05) is 19.9 Å². The molecule has 2 amide bonds. The molecule has 1 aromatic rings. The Hall–Kier alpha value is -2.43. The fraction of sp³-hybridized carbons (Fsp3) is 0.450. The summed E-state index contributed by atoms with van der Waals surface area (Å²) in [5.74, 6) is -0.540. The van der Waals surface area contributed by atoms with Gasteiger partial charge in [0.1, 0.15) is 12.0 Å². The van der Waals surface area contributed by atoms with E-state index in [2.05, 4.69) is 0 Å². The van der Waals surface area contributed by atoms with Gasteiger partial charge in [0.2, 0.25) is 11.8 Å². The zero-order valence-corrected chi connectivity index (χ0v) is 15.2. The van der Waals surface area contributed by atoms with Crippen molar-refractivity contribution < 1.29 is 19.1 Å². The van der Waals surface area contributed by atoms with E-state index in [9.17, 15) is 14.4 Å². The largest absolute Gasteiger partial charge is 0.497 e. The van der Waals surface area contributed by atoms with Gasteiger partial charge in [-0.3, -0.25) is 14.5 Å². The van der Waals surface area contributed by atoms with E-state index >= 15 is 0 Å². The number of carbonyl (C=O) groups excluding carboxylic acids is 3. The number of ether oxygens (including phenoxy) is 1. The molecule has 1 saturated heterocycles. The Morgan fingerprint density at radius 3 is 2.44 bits per heavy atom. The molecule has 0 spiro atoms. The number of rotatable bonds is 7. The minimum Gasteiger partial charge on any atom is -0.497 e. The number of methoxy groups -OCH3 is 1. The van der Waals surface area contributed by atoms with E-state index in [-0.39, 0.29) is 18.2 Å². The van der Waals surface area contributed by atoms with Gasteiger partial charge in [0, 0.05) is 11.8 Å². The third kappa shape index (κ3) is 3.98. The first-order valence-electron chi connectivity index (χ1n) is 8.43. The minimum atomic E-state index is -0.847. The molecule has 0 radical (unpaired) electrons. The van der Waals surface area contributed by atoms with Gasteiger partial charge in [0.25, 0.3) is 0 Å². The lowest BCUT2D eigenvalue weighted by Gasteiger charge is -2.28. The molecule has 2 atom stereocenters. The van der Waals surface area contributed by atoms with Crippen LogP contribution < -0.4 is 9.64 Å². The van der Waals surface area contributed by atoms with Gasteiger partial charge in [0.05, 0.1) is 18.7 Å². The number of carbonyl (C=O) groups is 3. The second kappa shape index (κ2) is 7.64. The Morgan fingerprint density at radius 1 is 1.28 bits per heavy atom. The third-order valence-electron chi connectivity index (χ3n) is 4.78. The Labute approximate surface area is 148 Å². The Bertz CT molecular complexity index is 688. The summed E-state index contributed by atoms with van der Waals surface area (Å²) in [6.45, 7) is 5.76. The Balaban J connectivity index is 2.23. The second-order valence-corrected chi connectivity index (χ2v) is 6.97. The summed E-state index contributed by atoms with van der Waals surface area (Å²) in [6.07, 6.45) is 4.19. The molecule has 134 valence electrons. The lowest BCUT2D eigenvalue weighted by molar-refractivity contribution is -0.130. The first-order chi connectivity index (χ1) is 11.8. The van der Waals surface area contributed by atoms with Crippen LogP contribution in [0.2, 0.25) is 0 Å². The number of nitrogens with zero attached hydrogens (tertiary/aromatic N) is 1. The first kappa shape index (κ1) is 18.9. The SMILES string of the molecule is COc1ccc(N2C(=O)CC(C(C)(C=O)CCC=C(C)C)C2=O)cc1. The number of hydrogen-bond acceptors (Lipinski definition) is 4. The van der Waals surface area contributed by atoms with Crippen LogP contribution in [0.4, 0.5) is 5.69 Å². The van der Waals surface area contributed by atoms with E-state index in [0.29, 0.717) is 24.3 Å². The third-order valence-corrected chi connectivity index (χ3v) is 4.78. The summed E-state index contributed by atoms with van der Waals surface area (Å²) in [5.41, 5.74) is 0.831. The normalized spacial score (nSPS) is 19.5. The summed E-state index contributed by atoms with van der Waals surface area (Å²) in [6, 6.07) is 6.77. The standard InChI is InChI=1S/C20H25NO4/c1-14(2)6-5-11-20(3,13-22)17-12-18(23)21(19(17)24)15-7-9-16(25-4)10-8-15/h6-10,13,17H,5,11-12H2,1-4H3. The zero-order chi connectivity index (χ0) is 18.6. The van der Waals surface area contributed by atoms with E-state index < -0.39 is 11.3 Å². The van der Waals surface area contributed by atoms with Crippen molar-refractivity contribution in [2.75, 3.05) is 12.0 Å². The summed E-state index contributed by atoms with van der Waals surface area (Å²) >= 11 is 0. The molecule has 2 rings (SSSR count). The molecule has 0 aliphatic carbocycles. The van der Waals surface area contributed by atoms with Crippen LogP contribution in [0.3, 0.4) is 0 Å². The van der Waals surface area contributed by atoms with Crippen molar-refractivity contribution >= 4 is 23.8 Å². The van der Waals surface area contributed by atoms with Crippen molar-refractivity contribution in [3.05, 3.63) is 35.9 Å². The van der Waals surface area contributed by atoms with Gasteiger partial charge in [-0.2, -0.15) is 0 Å². The van der Waals surface area contributed by atoms with Crippen molar-refractivity contribution in [1.82, 2.24) is 0 Å². The van der Waals surface area contributed by atoms with E-state index in [1.165, 1.54) is 10.5 Å². The van der Waals surface area contributed by atoms with Crippen molar-refractivity contribution in [3.63, 3.8) is 0 Å². The van der Waals surface area contributed by atoms with Gasteiger partial charge >= 0.3 is 0 Å². The average molecular weight is 343 g/mol. The molecule has 5 nitrogen and oxygen atoms in total. The molecule has 1 aliphatic heterocycles. The summed E-state index contributed by atoms with van der Waals surface area (Å²) in [4.78, 5) is 38.3. The lowest BCUT2D eigenvalue weighted by atomic mass is 9.74. The maximum Gasteiger partial charge on any atom is 0.238 e. The van der Waals surface area contributed by atoms with Crippen LogP contribution in [0.15, 0.2) is 35.9 Å². The van der Waals surface area contributed by atoms with Crippen LogP contribution in [0, 0.1) is 11.3 Å². The molecule has 25 heavy (non-hydrogen) atoms. The predicted octanol–water partition coefficient (Wildman–Crippen LogP) is 3.53. The van der Waals surface area contributed by atoms with Crippen LogP contribution >= 0.6 is 0 Å². The van der Waals surface area contributed by atoms with Gasteiger partial charge in [0.15, 0.2) is 0 Å². The fourth-order valence-electron chi connectivity index (χ4n) is 3.14. The number of benzene rings is 1. The quantitative estimate of drug-likeness (QED) is 0.432.